The Hall–Kier alpha value is -2.69. The van der Waals surface area contributed by atoms with Crippen LogP contribution < -0.4 is 10.1 Å². The number of nitrogens with zero attached hydrogens (tertiary/aromatic N) is 1. The molecule has 0 radical (unpaired) electrons. The lowest BCUT2D eigenvalue weighted by Crippen LogP contribution is -2.38. The Morgan fingerprint density at radius 3 is 2.31 bits per heavy atom. The molecule has 1 aromatic heterocycles. The molecule has 3 rings (SSSR count). The Balaban J connectivity index is 1.85. The molecule has 0 bridgehead atoms. The molecule has 1 atom stereocenters. The normalized spacial score (nSPS) is 15.9. The van der Waals surface area contributed by atoms with E-state index < -0.39 is 6.04 Å². The van der Waals surface area contributed by atoms with Crippen LogP contribution in [0.15, 0.2) is 48.8 Å². The third kappa shape index (κ3) is 4.28. The van der Waals surface area contributed by atoms with E-state index in [4.69, 9.17) is 4.74 Å². The van der Waals surface area contributed by atoms with Crippen LogP contribution in [0.5, 0.6) is 5.75 Å². The number of Topliss-reactive ketones (excluding diaryl/α,β-unsaturated/α-hetero) is 1. The second-order valence-corrected chi connectivity index (χ2v) is 6.65. The third-order valence-corrected chi connectivity index (χ3v) is 4.94. The van der Waals surface area contributed by atoms with E-state index in [1.807, 2.05) is 12.1 Å². The first-order valence-corrected chi connectivity index (χ1v) is 9.07. The zero-order valence-corrected chi connectivity index (χ0v) is 15.0. The maximum Gasteiger partial charge on any atom is 0.223 e. The summed E-state index contributed by atoms with van der Waals surface area (Å²) in [5, 5.41) is 2.99. The van der Waals surface area contributed by atoms with Crippen molar-refractivity contribution >= 4 is 11.7 Å². The van der Waals surface area contributed by atoms with Crippen LogP contribution in [0, 0.1) is 5.92 Å². The first-order valence-electron chi connectivity index (χ1n) is 9.07. The Kier molecular flexibility index (Phi) is 6.00. The largest absolute Gasteiger partial charge is 0.497 e. The molecule has 5 heteroatoms. The molecule has 1 aliphatic carbocycles. The molecule has 136 valence electrons. The Labute approximate surface area is 153 Å². The number of ether oxygens (including phenoxy) is 1. The van der Waals surface area contributed by atoms with E-state index in [0.29, 0.717) is 11.3 Å². The van der Waals surface area contributed by atoms with Gasteiger partial charge in [0.1, 0.15) is 11.8 Å². The van der Waals surface area contributed by atoms with E-state index in [2.05, 4.69) is 10.3 Å². The number of pyridine rings is 1. The number of hydrogen-bond donors (Lipinski definition) is 1. The van der Waals surface area contributed by atoms with E-state index in [0.717, 1.165) is 31.2 Å². The number of ketones is 1. The molecule has 1 aliphatic rings. The van der Waals surface area contributed by atoms with Gasteiger partial charge in [0.05, 0.1) is 7.11 Å². The fourth-order valence-corrected chi connectivity index (χ4v) is 3.40. The lowest BCUT2D eigenvalue weighted by molar-refractivity contribution is -0.126. The number of benzene rings is 1. The molecule has 0 spiro atoms. The SMILES string of the molecule is COc1ccc(C(NC(=O)C2CCCCC2)C(=O)c2ccncc2)cc1. The highest BCUT2D eigenvalue weighted by atomic mass is 16.5. The van der Waals surface area contributed by atoms with Crippen molar-refractivity contribution in [3.8, 4) is 5.75 Å². The number of carbonyl (C=O) groups is 2. The maximum atomic E-state index is 13.0. The molecule has 5 nitrogen and oxygen atoms in total. The second kappa shape index (κ2) is 8.61. The molecular weight excluding hydrogens is 328 g/mol. The zero-order valence-electron chi connectivity index (χ0n) is 15.0. The van der Waals surface area contributed by atoms with Gasteiger partial charge in [-0.05, 0) is 42.7 Å². The smallest absolute Gasteiger partial charge is 0.223 e. The number of carbonyl (C=O) groups excluding carboxylic acids is 2. The van der Waals surface area contributed by atoms with Crippen molar-refractivity contribution in [1.29, 1.82) is 0 Å². The molecule has 1 fully saturated rings. The van der Waals surface area contributed by atoms with Gasteiger partial charge in [0.25, 0.3) is 0 Å². The van der Waals surface area contributed by atoms with Crippen LogP contribution >= 0.6 is 0 Å². The summed E-state index contributed by atoms with van der Waals surface area (Å²) in [7, 11) is 1.60. The molecule has 1 saturated carbocycles. The summed E-state index contributed by atoms with van der Waals surface area (Å²) in [6, 6.07) is 9.88. The second-order valence-electron chi connectivity index (χ2n) is 6.65. The van der Waals surface area contributed by atoms with Gasteiger partial charge in [-0.25, -0.2) is 0 Å². The molecule has 0 aliphatic heterocycles. The third-order valence-electron chi connectivity index (χ3n) is 4.94. The van der Waals surface area contributed by atoms with Gasteiger partial charge in [0, 0.05) is 23.9 Å². The minimum Gasteiger partial charge on any atom is -0.497 e. The van der Waals surface area contributed by atoms with Crippen LogP contribution in [0.4, 0.5) is 0 Å². The quantitative estimate of drug-likeness (QED) is 0.805. The van der Waals surface area contributed by atoms with E-state index in [9.17, 15) is 9.59 Å². The van der Waals surface area contributed by atoms with Gasteiger partial charge in [-0.2, -0.15) is 0 Å². The van der Waals surface area contributed by atoms with E-state index in [-0.39, 0.29) is 17.6 Å². The van der Waals surface area contributed by atoms with Crippen molar-refractivity contribution in [2.75, 3.05) is 7.11 Å². The van der Waals surface area contributed by atoms with Crippen molar-refractivity contribution < 1.29 is 14.3 Å². The Morgan fingerprint density at radius 1 is 1.04 bits per heavy atom. The first kappa shape index (κ1) is 18.1. The summed E-state index contributed by atoms with van der Waals surface area (Å²) in [5.41, 5.74) is 1.28. The summed E-state index contributed by atoms with van der Waals surface area (Å²) in [6.45, 7) is 0. The van der Waals surface area contributed by atoms with E-state index in [1.165, 1.54) is 6.42 Å². The molecule has 2 aromatic rings. The highest BCUT2D eigenvalue weighted by Crippen LogP contribution is 2.26. The predicted octanol–water partition coefficient (Wildman–Crippen LogP) is 3.71. The van der Waals surface area contributed by atoms with Crippen molar-refractivity contribution in [1.82, 2.24) is 10.3 Å². The fraction of sp³-hybridized carbons (Fsp3) is 0.381. The van der Waals surface area contributed by atoms with Crippen molar-refractivity contribution in [2.24, 2.45) is 5.92 Å². The Bertz CT molecular complexity index is 738. The lowest BCUT2D eigenvalue weighted by atomic mass is 9.88. The summed E-state index contributed by atoms with van der Waals surface area (Å²) >= 11 is 0. The van der Waals surface area contributed by atoms with Gasteiger partial charge in [0.2, 0.25) is 5.91 Å². The topological polar surface area (TPSA) is 68.3 Å². The standard InChI is InChI=1S/C21H24N2O3/c1-26-18-9-7-15(8-10-18)19(20(24)16-11-13-22-14-12-16)23-21(25)17-5-3-2-4-6-17/h7-14,17,19H,2-6H2,1H3,(H,23,25). The van der Waals surface area contributed by atoms with Gasteiger partial charge < -0.3 is 10.1 Å². The van der Waals surface area contributed by atoms with Crippen LogP contribution in [0.3, 0.4) is 0 Å². The zero-order chi connectivity index (χ0) is 18.4. The van der Waals surface area contributed by atoms with Crippen LogP contribution in [0.2, 0.25) is 0 Å². The number of hydrogen-bond acceptors (Lipinski definition) is 4. The number of nitrogens with one attached hydrogen (secondary N) is 1. The summed E-state index contributed by atoms with van der Waals surface area (Å²) in [6.07, 6.45) is 8.28. The van der Waals surface area contributed by atoms with Gasteiger partial charge in [-0.3, -0.25) is 14.6 Å². The molecule has 1 N–H and O–H groups in total. The monoisotopic (exact) mass is 352 g/mol. The molecule has 0 saturated heterocycles. The van der Waals surface area contributed by atoms with E-state index >= 15 is 0 Å². The number of rotatable bonds is 6. The summed E-state index contributed by atoms with van der Waals surface area (Å²) < 4.78 is 5.19. The van der Waals surface area contributed by atoms with Crippen LogP contribution in [-0.4, -0.2) is 23.8 Å². The fourth-order valence-electron chi connectivity index (χ4n) is 3.40. The summed E-state index contributed by atoms with van der Waals surface area (Å²) in [5.74, 6) is 0.534. The van der Waals surface area contributed by atoms with Gasteiger partial charge in [0.15, 0.2) is 5.78 Å². The van der Waals surface area contributed by atoms with Gasteiger partial charge in [-0.1, -0.05) is 31.4 Å². The average Bonchev–Trinajstić information content (AvgIpc) is 2.73. The minimum atomic E-state index is -0.710. The number of methoxy groups -OCH3 is 1. The van der Waals surface area contributed by atoms with E-state index in [1.54, 1.807) is 43.8 Å². The molecule has 1 amide bonds. The first-order chi connectivity index (χ1) is 12.7. The van der Waals surface area contributed by atoms with Crippen LogP contribution in [0.25, 0.3) is 0 Å². The van der Waals surface area contributed by atoms with Gasteiger partial charge in [-0.15, -0.1) is 0 Å². The number of amides is 1. The van der Waals surface area contributed by atoms with Crippen LogP contribution in [-0.2, 0) is 4.79 Å². The minimum absolute atomic E-state index is 0.00487. The van der Waals surface area contributed by atoms with Crippen molar-refractivity contribution in [3.05, 3.63) is 59.9 Å². The Morgan fingerprint density at radius 2 is 1.69 bits per heavy atom. The molecule has 1 unspecified atom stereocenters. The average molecular weight is 352 g/mol. The predicted molar refractivity (Wildman–Crippen MR) is 99.0 cm³/mol. The van der Waals surface area contributed by atoms with Gasteiger partial charge >= 0.3 is 0 Å². The molecule has 1 heterocycles. The molecule has 26 heavy (non-hydrogen) atoms. The lowest BCUT2D eigenvalue weighted by Gasteiger charge is -2.25. The number of aromatic nitrogens is 1. The maximum absolute atomic E-state index is 13.0. The highest BCUT2D eigenvalue weighted by molar-refractivity contribution is 6.02. The van der Waals surface area contributed by atoms with Crippen molar-refractivity contribution in [2.45, 2.75) is 38.1 Å². The summed E-state index contributed by atoms with van der Waals surface area (Å²) in [4.78, 5) is 29.7. The van der Waals surface area contributed by atoms with Crippen LogP contribution in [0.1, 0.15) is 54.1 Å². The molecular formula is C21H24N2O3. The molecule has 1 aromatic carbocycles. The van der Waals surface area contributed by atoms with Crippen molar-refractivity contribution in [3.63, 3.8) is 0 Å². The highest BCUT2D eigenvalue weighted by Gasteiger charge is 2.28.